The van der Waals surface area contributed by atoms with E-state index in [2.05, 4.69) is 20.4 Å². The molecule has 54 heavy (non-hydrogen) atoms. The number of amides is 6. The van der Waals surface area contributed by atoms with Crippen LogP contribution in [-0.4, -0.2) is 121 Å². The Bertz CT molecular complexity index is 1540. The van der Waals surface area contributed by atoms with Gasteiger partial charge in [0, 0.05) is 72.0 Å². The Morgan fingerprint density at radius 2 is 0.870 bits per heavy atom. The summed E-state index contributed by atoms with van der Waals surface area (Å²) in [6, 6.07) is 6.47. The van der Waals surface area contributed by atoms with Gasteiger partial charge in [0.25, 0.3) is 23.6 Å². The van der Waals surface area contributed by atoms with Crippen LogP contribution in [-0.2, 0) is 9.59 Å². The van der Waals surface area contributed by atoms with E-state index < -0.39 is 23.6 Å². The minimum absolute atomic E-state index is 0.136. The van der Waals surface area contributed by atoms with E-state index in [1.165, 1.54) is 35.5 Å². The summed E-state index contributed by atoms with van der Waals surface area (Å²) in [6.07, 6.45) is 13.6. The highest BCUT2D eigenvalue weighted by Gasteiger charge is 2.39. The summed E-state index contributed by atoms with van der Waals surface area (Å²) >= 11 is 0. The molecule has 2 aromatic carbocycles. The van der Waals surface area contributed by atoms with E-state index in [-0.39, 0.29) is 24.9 Å². The molecule has 0 bridgehead atoms. The molecule has 0 atom stereocenters. The van der Waals surface area contributed by atoms with E-state index in [0.717, 1.165) is 51.6 Å². The quantitative estimate of drug-likeness (QED) is 0.145. The summed E-state index contributed by atoms with van der Waals surface area (Å²) in [5.74, 6) is -0.318. The third-order valence-corrected chi connectivity index (χ3v) is 11.9. The highest BCUT2D eigenvalue weighted by atomic mass is 16.2. The molecule has 2 saturated carbocycles. The fourth-order valence-corrected chi connectivity index (χ4v) is 8.85. The van der Waals surface area contributed by atoms with Crippen molar-refractivity contribution in [3.05, 3.63) is 46.5 Å². The van der Waals surface area contributed by atoms with E-state index in [4.69, 9.17) is 0 Å². The second-order valence-electron chi connectivity index (χ2n) is 16.0. The van der Waals surface area contributed by atoms with Crippen molar-refractivity contribution in [3.8, 4) is 0 Å². The molecule has 0 spiro atoms. The van der Waals surface area contributed by atoms with Gasteiger partial charge in [-0.1, -0.05) is 25.7 Å². The monoisotopic (exact) mass is 742 g/mol. The number of nitrogens with zero attached hydrogens (tertiary/aromatic N) is 4. The lowest BCUT2D eigenvalue weighted by atomic mass is 9.86. The third-order valence-electron chi connectivity index (χ3n) is 11.9. The second-order valence-corrected chi connectivity index (χ2v) is 16.0. The number of benzene rings is 2. The van der Waals surface area contributed by atoms with Crippen LogP contribution in [0.15, 0.2) is 24.3 Å². The standard InChI is InChI=1S/C42H58N6O6/c1-45(21-7-19-43-35(49)27-29-11-3-4-12-29)23-9-25-47-39(51)31-15-17-33-38-34(18-16-32(37(31)38)40(47)52)42(54)48(41(33)53)26-10-24-46(2)22-8-20-44-36(50)28-30-13-5-6-14-30/h15-18,29-30H,3-14,19-28H2,1-2H3,(H,43,49)(H,44,50). The van der Waals surface area contributed by atoms with E-state index in [9.17, 15) is 28.8 Å². The van der Waals surface area contributed by atoms with E-state index in [1.54, 1.807) is 24.3 Å². The summed E-state index contributed by atoms with van der Waals surface area (Å²) in [7, 11) is 3.99. The van der Waals surface area contributed by atoms with Gasteiger partial charge in [-0.15, -0.1) is 0 Å². The second kappa shape index (κ2) is 18.4. The first-order valence-electron chi connectivity index (χ1n) is 20.3. The average molecular weight is 743 g/mol. The van der Waals surface area contributed by atoms with Crippen LogP contribution < -0.4 is 10.6 Å². The zero-order valence-corrected chi connectivity index (χ0v) is 32.3. The Morgan fingerprint density at radius 3 is 1.20 bits per heavy atom. The van der Waals surface area contributed by atoms with Crippen molar-refractivity contribution in [2.75, 3.05) is 66.5 Å². The molecule has 0 saturated heterocycles. The minimum atomic E-state index is -0.414. The van der Waals surface area contributed by atoms with Crippen molar-refractivity contribution in [2.24, 2.45) is 11.8 Å². The Morgan fingerprint density at radius 1 is 0.556 bits per heavy atom. The molecule has 2 aliphatic heterocycles. The van der Waals surface area contributed by atoms with Gasteiger partial charge in [0.15, 0.2) is 0 Å². The molecule has 12 heteroatoms. The van der Waals surface area contributed by atoms with E-state index >= 15 is 0 Å². The molecule has 0 aromatic heterocycles. The van der Waals surface area contributed by atoms with Gasteiger partial charge < -0.3 is 20.4 Å². The molecule has 4 aliphatic rings. The number of hydrogen-bond donors (Lipinski definition) is 2. The maximum atomic E-state index is 13.7. The molecule has 2 aliphatic carbocycles. The van der Waals surface area contributed by atoms with Crippen LogP contribution in [0.5, 0.6) is 0 Å². The summed E-state index contributed by atoms with van der Waals surface area (Å²) in [6.45, 7) is 4.70. The Hall–Kier alpha value is -4.16. The lowest BCUT2D eigenvalue weighted by molar-refractivity contribution is -0.122. The number of carbonyl (C=O) groups excluding carboxylic acids is 6. The number of rotatable bonds is 20. The smallest absolute Gasteiger partial charge is 0.261 e. The topological polar surface area (TPSA) is 139 Å². The molecule has 2 fully saturated rings. The molecule has 0 radical (unpaired) electrons. The third kappa shape index (κ3) is 9.37. The Kier molecular flexibility index (Phi) is 13.5. The number of carbonyl (C=O) groups is 6. The lowest BCUT2D eigenvalue weighted by Gasteiger charge is -2.32. The molecule has 2 heterocycles. The van der Waals surface area contributed by atoms with Crippen LogP contribution in [0.1, 0.15) is 131 Å². The number of imide groups is 2. The SMILES string of the molecule is CN(CCCNC(=O)CC1CCCC1)CCCN1C(=O)c2ccc3c4c(ccc(c24)C1=O)C(=O)N(CCCN(C)CCCNC(=O)CC1CCCC1)C3=O. The zero-order valence-electron chi connectivity index (χ0n) is 32.3. The molecule has 2 N–H and O–H groups in total. The molecule has 6 rings (SSSR count). The zero-order chi connectivity index (χ0) is 38.2. The Labute approximate surface area is 319 Å². The molecule has 292 valence electrons. The highest BCUT2D eigenvalue weighted by molar-refractivity contribution is 6.33. The van der Waals surface area contributed by atoms with Crippen molar-refractivity contribution >= 4 is 46.2 Å². The fraction of sp³-hybridized carbons (Fsp3) is 0.619. The summed E-state index contributed by atoms with van der Waals surface area (Å²) in [5.41, 5.74) is 1.32. The predicted octanol–water partition coefficient (Wildman–Crippen LogP) is 4.85. The summed E-state index contributed by atoms with van der Waals surface area (Å²) < 4.78 is 0. The molecule has 6 amide bonds. The molecule has 2 aromatic rings. The van der Waals surface area contributed by atoms with Gasteiger partial charge in [-0.05, 0) is 128 Å². The van der Waals surface area contributed by atoms with Crippen LogP contribution in [0, 0.1) is 11.8 Å². The molecular formula is C42H58N6O6. The average Bonchev–Trinajstić information content (AvgIpc) is 3.87. The van der Waals surface area contributed by atoms with Gasteiger partial charge >= 0.3 is 0 Å². The lowest BCUT2D eigenvalue weighted by Crippen LogP contribution is -2.44. The first-order chi connectivity index (χ1) is 26.1. The molecule has 12 nitrogen and oxygen atoms in total. The molecular weight excluding hydrogens is 684 g/mol. The van der Waals surface area contributed by atoms with Crippen LogP contribution in [0.25, 0.3) is 10.8 Å². The van der Waals surface area contributed by atoms with Crippen molar-refractivity contribution in [1.82, 2.24) is 30.2 Å². The van der Waals surface area contributed by atoms with Crippen molar-refractivity contribution < 1.29 is 28.8 Å². The number of hydrogen-bond acceptors (Lipinski definition) is 8. The van der Waals surface area contributed by atoms with Gasteiger partial charge in [-0.2, -0.15) is 0 Å². The normalized spacial score (nSPS) is 17.6. The van der Waals surface area contributed by atoms with Crippen LogP contribution in [0.2, 0.25) is 0 Å². The van der Waals surface area contributed by atoms with Crippen LogP contribution >= 0.6 is 0 Å². The van der Waals surface area contributed by atoms with Crippen LogP contribution in [0.3, 0.4) is 0 Å². The van der Waals surface area contributed by atoms with Crippen LogP contribution in [0.4, 0.5) is 0 Å². The van der Waals surface area contributed by atoms with Crippen molar-refractivity contribution in [3.63, 3.8) is 0 Å². The predicted molar refractivity (Wildman–Crippen MR) is 207 cm³/mol. The highest BCUT2D eigenvalue weighted by Crippen LogP contribution is 2.38. The maximum absolute atomic E-state index is 13.7. The van der Waals surface area contributed by atoms with E-state index in [0.29, 0.717) is 96.7 Å². The Balaban J connectivity index is 0.960. The summed E-state index contributed by atoms with van der Waals surface area (Å²) in [4.78, 5) is 86.0. The van der Waals surface area contributed by atoms with Gasteiger partial charge in [-0.25, -0.2) is 0 Å². The largest absolute Gasteiger partial charge is 0.356 e. The van der Waals surface area contributed by atoms with Gasteiger partial charge in [0.05, 0.1) is 0 Å². The van der Waals surface area contributed by atoms with Gasteiger partial charge in [-0.3, -0.25) is 38.6 Å². The van der Waals surface area contributed by atoms with Crippen molar-refractivity contribution in [1.29, 1.82) is 0 Å². The first-order valence-corrected chi connectivity index (χ1v) is 20.3. The van der Waals surface area contributed by atoms with Gasteiger partial charge in [0.2, 0.25) is 11.8 Å². The van der Waals surface area contributed by atoms with E-state index in [1.807, 2.05) is 14.1 Å². The molecule has 0 unspecified atom stereocenters. The van der Waals surface area contributed by atoms with Crippen molar-refractivity contribution in [2.45, 2.75) is 89.9 Å². The first kappa shape index (κ1) is 39.5. The summed E-state index contributed by atoms with van der Waals surface area (Å²) in [5, 5.41) is 6.85. The number of nitrogens with one attached hydrogen (secondary N) is 2. The maximum Gasteiger partial charge on any atom is 0.261 e. The van der Waals surface area contributed by atoms with Gasteiger partial charge in [0.1, 0.15) is 0 Å². The fourth-order valence-electron chi connectivity index (χ4n) is 8.85. The minimum Gasteiger partial charge on any atom is -0.356 e.